The van der Waals surface area contributed by atoms with E-state index in [4.69, 9.17) is 4.74 Å². The number of nitrogens with one attached hydrogen (secondary N) is 1. The van der Waals surface area contributed by atoms with E-state index in [0.29, 0.717) is 5.92 Å². The first-order valence-corrected chi connectivity index (χ1v) is 9.87. The third kappa shape index (κ3) is 5.44. The van der Waals surface area contributed by atoms with Crippen LogP contribution in [0.1, 0.15) is 19.4 Å². The molecule has 0 aliphatic rings. The van der Waals surface area contributed by atoms with Crippen LogP contribution in [0.25, 0.3) is 0 Å². The van der Waals surface area contributed by atoms with E-state index >= 15 is 0 Å². The lowest BCUT2D eigenvalue weighted by Gasteiger charge is -2.09. The molecular weight excluding hydrogens is 352 g/mol. The van der Waals surface area contributed by atoms with E-state index in [1.807, 2.05) is 30.3 Å². The standard InChI is InChI=1S/C18H20N4OS2/c1-13(2)10-20-17-21-22-18(25-17)24-12-14-6-3-4-8-16(14)23-15-7-5-9-19-11-15/h3-9,11,13H,10,12H2,1-2H3,(H,20,21). The van der Waals surface area contributed by atoms with Crippen LogP contribution in [-0.4, -0.2) is 21.7 Å². The van der Waals surface area contributed by atoms with Gasteiger partial charge in [0.2, 0.25) is 5.13 Å². The molecule has 1 N–H and O–H groups in total. The molecule has 2 heterocycles. The SMILES string of the molecule is CC(C)CNc1nnc(SCc2ccccc2Oc2cccnc2)s1. The number of anilines is 1. The zero-order chi connectivity index (χ0) is 17.5. The van der Waals surface area contributed by atoms with Crippen LogP contribution in [0.4, 0.5) is 5.13 Å². The maximum Gasteiger partial charge on any atom is 0.206 e. The van der Waals surface area contributed by atoms with Gasteiger partial charge in [-0.1, -0.05) is 55.1 Å². The highest BCUT2D eigenvalue weighted by Gasteiger charge is 2.09. The van der Waals surface area contributed by atoms with Gasteiger partial charge in [-0.05, 0) is 24.1 Å². The molecular formula is C18H20N4OS2. The summed E-state index contributed by atoms with van der Waals surface area (Å²) in [7, 11) is 0. The molecule has 0 aliphatic carbocycles. The monoisotopic (exact) mass is 372 g/mol. The van der Waals surface area contributed by atoms with Gasteiger partial charge in [0.05, 0.1) is 6.20 Å². The van der Waals surface area contributed by atoms with Crippen molar-refractivity contribution in [2.24, 2.45) is 5.92 Å². The molecule has 1 aromatic carbocycles. The van der Waals surface area contributed by atoms with E-state index in [1.54, 1.807) is 35.5 Å². The molecule has 0 radical (unpaired) electrons. The number of benzene rings is 1. The minimum atomic E-state index is 0.580. The Bertz CT molecular complexity index is 793. The van der Waals surface area contributed by atoms with Crippen LogP contribution in [0, 0.1) is 5.92 Å². The molecule has 25 heavy (non-hydrogen) atoms. The van der Waals surface area contributed by atoms with Crippen molar-refractivity contribution >= 4 is 28.2 Å². The minimum absolute atomic E-state index is 0.580. The van der Waals surface area contributed by atoms with Gasteiger partial charge in [0.25, 0.3) is 0 Å². The van der Waals surface area contributed by atoms with Crippen LogP contribution < -0.4 is 10.1 Å². The van der Waals surface area contributed by atoms with E-state index in [2.05, 4.69) is 40.4 Å². The van der Waals surface area contributed by atoms with Gasteiger partial charge >= 0.3 is 0 Å². The number of ether oxygens (including phenoxy) is 1. The molecule has 0 saturated heterocycles. The molecule has 0 atom stereocenters. The highest BCUT2D eigenvalue weighted by Crippen LogP contribution is 2.32. The Hall–Kier alpha value is -2.12. The van der Waals surface area contributed by atoms with Crippen molar-refractivity contribution in [1.82, 2.24) is 15.2 Å². The Morgan fingerprint density at radius 1 is 1.16 bits per heavy atom. The van der Waals surface area contributed by atoms with E-state index in [-0.39, 0.29) is 0 Å². The van der Waals surface area contributed by atoms with Crippen molar-refractivity contribution in [3.63, 3.8) is 0 Å². The lowest BCUT2D eigenvalue weighted by molar-refractivity contribution is 0.476. The number of pyridine rings is 1. The number of nitrogens with zero attached hydrogens (tertiary/aromatic N) is 3. The molecule has 0 aliphatic heterocycles. The van der Waals surface area contributed by atoms with E-state index in [1.165, 1.54) is 0 Å². The van der Waals surface area contributed by atoms with Crippen molar-refractivity contribution in [2.45, 2.75) is 23.9 Å². The van der Waals surface area contributed by atoms with Gasteiger partial charge in [0.1, 0.15) is 11.5 Å². The van der Waals surface area contributed by atoms with Crippen molar-refractivity contribution in [1.29, 1.82) is 0 Å². The summed E-state index contributed by atoms with van der Waals surface area (Å²) in [6.07, 6.45) is 3.44. The lowest BCUT2D eigenvalue weighted by Crippen LogP contribution is -2.07. The zero-order valence-corrected chi connectivity index (χ0v) is 15.8. The van der Waals surface area contributed by atoms with Gasteiger partial charge in [0, 0.05) is 24.1 Å². The van der Waals surface area contributed by atoms with E-state index < -0.39 is 0 Å². The molecule has 7 heteroatoms. The van der Waals surface area contributed by atoms with Crippen LogP contribution in [-0.2, 0) is 5.75 Å². The Morgan fingerprint density at radius 2 is 2.04 bits per heavy atom. The Balaban J connectivity index is 1.62. The second kappa shape index (κ2) is 8.82. The summed E-state index contributed by atoms with van der Waals surface area (Å²) < 4.78 is 6.89. The summed E-state index contributed by atoms with van der Waals surface area (Å²) in [6, 6.07) is 11.8. The fourth-order valence-corrected chi connectivity index (χ4v) is 3.78. The lowest BCUT2D eigenvalue weighted by atomic mass is 10.2. The first kappa shape index (κ1) is 17.7. The first-order chi connectivity index (χ1) is 12.2. The molecule has 0 bridgehead atoms. The third-order valence-electron chi connectivity index (χ3n) is 3.25. The fourth-order valence-electron chi connectivity index (χ4n) is 2.03. The molecule has 0 spiro atoms. The largest absolute Gasteiger partial charge is 0.455 e. The molecule has 3 aromatic rings. The number of hydrogen-bond donors (Lipinski definition) is 1. The van der Waals surface area contributed by atoms with Crippen molar-refractivity contribution in [3.8, 4) is 11.5 Å². The smallest absolute Gasteiger partial charge is 0.206 e. The van der Waals surface area contributed by atoms with Gasteiger partial charge in [-0.2, -0.15) is 0 Å². The predicted molar refractivity (Wildman–Crippen MR) is 104 cm³/mol. The minimum Gasteiger partial charge on any atom is -0.455 e. The highest BCUT2D eigenvalue weighted by molar-refractivity contribution is 8.00. The van der Waals surface area contributed by atoms with Crippen LogP contribution in [0.15, 0.2) is 53.1 Å². The number of aromatic nitrogens is 3. The van der Waals surface area contributed by atoms with Gasteiger partial charge in [-0.25, -0.2) is 0 Å². The van der Waals surface area contributed by atoms with Gasteiger partial charge in [0.15, 0.2) is 4.34 Å². The molecule has 0 amide bonds. The van der Waals surface area contributed by atoms with Crippen molar-refractivity contribution in [2.75, 3.05) is 11.9 Å². The Kier molecular flexibility index (Phi) is 6.25. The van der Waals surface area contributed by atoms with Crippen LogP contribution in [0.5, 0.6) is 11.5 Å². The second-order valence-electron chi connectivity index (χ2n) is 5.84. The molecule has 0 unspecified atom stereocenters. The number of hydrogen-bond acceptors (Lipinski definition) is 7. The molecule has 130 valence electrons. The second-order valence-corrected chi connectivity index (χ2v) is 8.04. The first-order valence-electron chi connectivity index (χ1n) is 8.06. The molecule has 0 saturated carbocycles. The van der Waals surface area contributed by atoms with Crippen molar-refractivity contribution < 1.29 is 4.74 Å². The predicted octanol–water partition coefficient (Wildman–Crippen LogP) is 5.09. The average Bonchev–Trinajstić information content (AvgIpc) is 3.08. The van der Waals surface area contributed by atoms with Crippen LogP contribution in [0.3, 0.4) is 0 Å². The van der Waals surface area contributed by atoms with Crippen LogP contribution >= 0.6 is 23.1 Å². The number of para-hydroxylation sites is 1. The highest BCUT2D eigenvalue weighted by atomic mass is 32.2. The maximum atomic E-state index is 5.95. The summed E-state index contributed by atoms with van der Waals surface area (Å²) >= 11 is 3.25. The summed E-state index contributed by atoms with van der Waals surface area (Å²) in [5, 5.41) is 12.6. The van der Waals surface area contributed by atoms with Gasteiger partial charge in [-0.3, -0.25) is 4.98 Å². The quantitative estimate of drug-likeness (QED) is 0.556. The van der Waals surface area contributed by atoms with E-state index in [9.17, 15) is 0 Å². The number of thioether (sulfide) groups is 1. The maximum absolute atomic E-state index is 5.95. The van der Waals surface area contributed by atoms with E-state index in [0.717, 1.165) is 38.8 Å². The summed E-state index contributed by atoms with van der Waals surface area (Å²) in [6.45, 7) is 5.24. The third-order valence-corrected chi connectivity index (χ3v) is 5.32. The molecule has 0 fully saturated rings. The average molecular weight is 373 g/mol. The molecule has 2 aromatic heterocycles. The molecule has 5 nitrogen and oxygen atoms in total. The summed E-state index contributed by atoms with van der Waals surface area (Å²) in [5.41, 5.74) is 1.11. The summed E-state index contributed by atoms with van der Waals surface area (Å²) in [4.78, 5) is 4.08. The Labute approximate surface area is 155 Å². The Morgan fingerprint density at radius 3 is 2.84 bits per heavy atom. The van der Waals surface area contributed by atoms with Crippen molar-refractivity contribution in [3.05, 3.63) is 54.4 Å². The molecule has 3 rings (SSSR count). The summed E-state index contributed by atoms with van der Waals surface area (Å²) in [5.74, 6) is 2.92. The topological polar surface area (TPSA) is 59.9 Å². The normalized spacial score (nSPS) is 10.8. The van der Waals surface area contributed by atoms with Crippen LogP contribution in [0.2, 0.25) is 0 Å². The fraction of sp³-hybridized carbons (Fsp3) is 0.278. The zero-order valence-electron chi connectivity index (χ0n) is 14.2. The van der Waals surface area contributed by atoms with Gasteiger partial charge in [-0.15, -0.1) is 10.2 Å². The van der Waals surface area contributed by atoms with Gasteiger partial charge < -0.3 is 10.1 Å². The number of rotatable bonds is 8.